The molecule has 0 aliphatic carbocycles. The van der Waals surface area contributed by atoms with E-state index in [1.54, 1.807) is 13.8 Å². The van der Waals surface area contributed by atoms with Crippen LogP contribution in [0.2, 0.25) is 0 Å². The highest BCUT2D eigenvalue weighted by Crippen LogP contribution is 2.43. The highest BCUT2D eigenvalue weighted by Gasteiger charge is 2.56. The topological polar surface area (TPSA) is 92.7 Å². The molecule has 8 heteroatoms. The first-order chi connectivity index (χ1) is 12.6. The molecule has 0 spiro atoms. The van der Waals surface area contributed by atoms with Crippen LogP contribution in [0.25, 0.3) is 0 Å². The van der Waals surface area contributed by atoms with Gasteiger partial charge in [-0.05, 0) is 47.0 Å². The van der Waals surface area contributed by atoms with Gasteiger partial charge in [0.2, 0.25) is 0 Å². The lowest BCUT2D eigenvalue weighted by Crippen LogP contribution is -2.60. The Morgan fingerprint density at radius 3 is 2.52 bits per heavy atom. The van der Waals surface area contributed by atoms with Gasteiger partial charge < -0.3 is 33.5 Å². The molecule has 0 aromatic rings. The van der Waals surface area contributed by atoms with Crippen LogP contribution >= 0.6 is 0 Å². The summed E-state index contributed by atoms with van der Waals surface area (Å²) in [5.74, 6) is -2.20. The van der Waals surface area contributed by atoms with Crippen LogP contribution in [0, 0.1) is 0 Å². The van der Waals surface area contributed by atoms with Gasteiger partial charge in [-0.15, -0.1) is 0 Å². The average Bonchev–Trinajstić information content (AvgIpc) is 2.89. The predicted octanol–water partition coefficient (Wildman–Crippen LogP) is 1.52. The molecule has 1 N–H and O–H groups in total. The maximum atomic E-state index is 11.6. The molecule has 3 saturated heterocycles. The summed E-state index contributed by atoms with van der Waals surface area (Å²) in [6.45, 7) is 7.30. The van der Waals surface area contributed by atoms with Crippen molar-refractivity contribution in [1.29, 1.82) is 0 Å². The number of fused-ring (bicyclic) bond motifs is 3. The lowest BCUT2D eigenvalue weighted by Gasteiger charge is -2.46. The molecule has 3 rings (SSSR count). The second kappa shape index (κ2) is 7.93. The predicted molar refractivity (Wildman–Crippen MR) is 93.9 cm³/mol. The van der Waals surface area contributed by atoms with Crippen LogP contribution in [-0.2, 0) is 33.2 Å². The van der Waals surface area contributed by atoms with Gasteiger partial charge in [-0.2, -0.15) is 0 Å². The fourth-order valence-electron chi connectivity index (χ4n) is 4.06. The largest absolute Gasteiger partial charge is 0.469 e. The van der Waals surface area contributed by atoms with Gasteiger partial charge in [-0.1, -0.05) is 0 Å². The third-order valence-corrected chi connectivity index (χ3v) is 5.17. The Morgan fingerprint density at radius 2 is 1.85 bits per heavy atom. The normalized spacial score (nSPS) is 38.1. The maximum Gasteiger partial charge on any atom is 0.308 e. The Balaban J connectivity index is 1.67. The summed E-state index contributed by atoms with van der Waals surface area (Å²) in [7, 11) is 1.38. The van der Waals surface area contributed by atoms with Crippen molar-refractivity contribution in [3.63, 3.8) is 0 Å². The van der Waals surface area contributed by atoms with Gasteiger partial charge >= 0.3 is 5.97 Å². The molecule has 3 aliphatic heterocycles. The molecule has 0 bridgehead atoms. The summed E-state index contributed by atoms with van der Waals surface area (Å²) in [6.07, 6.45) is 0.939. The Kier molecular flexibility index (Phi) is 6.15. The monoisotopic (exact) mass is 388 g/mol. The smallest absolute Gasteiger partial charge is 0.308 e. The lowest BCUT2D eigenvalue weighted by atomic mass is 9.88. The van der Waals surface area contributed by atoms with Crippen LogP contribution in [-0.4, -0.2) is 73.0 Å². The number of carbonyl (C=O) groups excluding carboxylic acids is 1. The van der Waals surface area contributed by atoms with E-state index in [2.05, 4.69) is 0 Å². The van der Waals surface area contributed by atoms with E-state index in [1.165, 1.54) is 7.11 Å². The zero-order valence-corrected chi connectivity index (χ0v) is 16.8. The van der Waals surface area contributed by atoms with Crippen LogP contribution in [0.15, 0.2) is 0 Å². The van der Waals surface area contributed by atoms with Gasteiger partial charge in [-0.3, -0.25) is 4.79 Å². The lowest BCUT2D eigenvalue weighted by molar-refractivity contribution is -0.246. The third-order valence-electron chi connectivity index (χ3n) is 5.17. The molecular weight excluding hydrogens is 356 g/mol. The van der Waals surface area contributed by atoms with Crippen molar-refractivity contribution in [3.05, 3.63) is 0 Å². The Labute approximate surface area is 160 Å². The number of hydrogen-bond donors (Lipinski definition) is 1. The van der Waals surface area contributed by atoms with Crippen molar-refractivity contribution in [2.75, 3.05) is 13.7 Å². The SMILES string of the molecule is COC(=O)C[C@H]1CC[C@@H]2O[C@@H](CCOC(C)(C)O)[C@H]3OC(C)(C)O[C@H]3[C@H]2O1. The standard InChI is InChI=1S/C19H32O8/c1-18(2,21)23-9-8-13-16-17(27-19(3,4)26-16)15-12(25-13)7-6-11(24-15)10-14(20)22-5/h11-13,15-17,21H,6-10H2,1-5H3/t11-,12+,13+,15+,16-,17+/m1/s1. The zero-order valence-electron chi connectivity index (χ0n) is 16.8. The van der Waals surface area contributed by atoms with Crippen molar-refractivity contribution in [2.24, 2.45) is 0 Å². The molecule has 8 nitrogen and oxygen atoms in total. The van der Waals surface area contributed by atoms with E-state index in [0.29, 0.717) is 13.0 Å². The van der Waals surface area contributed by atoms with Gasteiger partial charge in [0.1, 0.15) is 18.3 Å². The van der Waals surface area contributed by atoms with Gasteiger partial charge in [0.05, 0.1) is 38.4 Å². The number of rotatable bonds is 6. The molecule has 0 amide bonds. The Morgan fingerprint density at radius 1 is 1.15 bits per heavy atom. The minimum Gasteiger partial charge on any atom is -0.469 e. The van der Waals surface area contributed by atoms with Crippen LogP contribution < -0.4 is 0 Å². The van der Waals surface area contributed by atoms with Crippen molar-refractivity contribution in [3.8, 4) is 0 Å². The fraction of sp³-hybridized carbons (Fsp3) is 0.947. The Bertz CT molecular complexity index is 528. The molecule has 3 aliphatic rings. The summed E-state index contributed by atoms with van der Waals surface area (Å²) in [5.41, 5.74) is 0. The summed E-state index contributed by atoms with van der Waals surface area (Å²) >= 11 is 0. The quantitative estimate of drug-likeness (QED) is 0.541. The second-order valence-electron chi connectivity index (χ2n) is 8.44. The van der Waals surface area contributed by atoms with E-state index in [4.69, 9.17) is 28.4 Å². The number of esters is 1. The molecule has 6 atom stereocenters. The van der Waals surface area contributed by atoms with E-state index in [9.17, 15) is 9.90 Å². The van der Waals surface area contributed by atoms with Crippen molar-refractivity contribution in [1.82, 2.24) is 0 Å². The molecule has 0 aromatic heterocycles. The summed E-state index contributed by atoms with van der Waals surface area (Å²) in [5, 5.41) is 9.75. The molecule has 156 valence electrons. The van der Waals surface area contributed by atoms with Crippen molar-refractivity contribution < 1.29 is 38.3 Å². The molecule has 0 unspecified atom stereocenters. The molecule has 0 saturated carbocycles. The molecule has 0 radical (unpaired) electrons. The molecule has 0 aromatic carbocycles. The van der Waals surface area contributed by atoms with E-state index in [0.717, 1.165) is 12.8 Å². The number of ether oxygens (including phenoxy) is 6. The van der Waals surface area contributed by atoms with Gasteiger partial charge in [0, 0.05) is 0 Å². The summed E-state index contributed by atoms with van der Waals surface area (Å²) < 4.78 is 34.9. The highest BCUT2D eigenvalue weighted by atomic mass is 16.8. The minimum absolute atomic E-state index is 0.121. The van der Waals surface area contributed by atoms with Gasteiger partial charge in [-0.25, -0.2) is 0 Å². The second-order valence-corrected chi connectivity index (χ2v) is 8.44. The summed E-state index contributed by atoms with van der Waals surface area (Å²) in [4.78, 5) is 11.6. The van der Waals surface area contributed by atoms with Crippen LogP contribution in [0.3, 0.4) is 0 Å². The highest BCUT2D eigenvalue weighted by molar-refractivity contribution is 5.69. The van der Waals surface area contributed by atoms with E-state index >= 15 is 0 Å². The van der Waals surface area contributed by atoms with Crippen LogP contribution in [0.4, 0.5) is 0 Å². The number of aliphatic hydroxyl groups is 1. The average molecular weight is 388 g/mol. The minimum atomic E-state index is -1.18. The van der Waals surface area contributed by atoms with Crippen LogP contribution in [0.5, 0.6) is 0 Å². The number of hydrogen-bond acceptors (Lipinski definition) is 8. The maximum absolute atomic E-state index is 11.6. The molecule has 3 heterocycles. The Hall–Kier alpha value is -0.770. The first kappa shape index (κ1) is 21.0. The van der Waals surface area contributed by atoms with Crippen molar-refractivity contribution >= 4 is 5.97 Å². The zero-order chi connectivity index (χ0) is 19.8. The number of methoxy groups -OCH3 is 1. The van der Waals surface area contributed by atoms with E-state index in [1.807, 2.05) is 13.8 Å². The first-order valence-corrected chi connectivity index (χ1v) is 9.68. The fourth-order valence-corrected chi connectivity index (χ4v) is 4.06. The molecular formula is C19H32O8. The van der Waals surface area contributed by atoms with E-state index < -0.39 is 11.6 Å². The third kappa shape index (κ3) is 5.19. The van der Waals surface area contributed by atoms with Gasteiger partial charge in [0.15, 0.2) is 11.6 Å². The van der Waals surface area contributed by atoms with Crippen molar-refractivity contribution in [2.45, 2.75) is 102 Å². The van der Waals surface area contributed by atoms with Gasteiger partial charge in [0.25, 0.3) is 0 Å². The van der Waals surface area contributed by atoms with Crippen LogP contribution in [0.1, 0.15) is 53.4 Å². The van der Waals surface area contributed by atoms with E-state index in [-0.39, 0.29) is 49.0 Å². The molecule has 3 fully saturated rings. The number of carbonyl (C=O) groups is 1. The summed E-state index contributed by atoms with van der Waals surface area (Å²) in [6, 6.07) is 0. The first-order valence-electron chi connectivity index (χ1n) is 9.68. The molecule has 27 heavy (non-hydrogen) atoms.